The number of carbonyl (C=O) groups is 1. The van der Waals surface area contributed by atoms with Gasteiger partial charge >= 0.3 is 0 Å². The van der Waals surface area contributed by atoms with Gasteiger partial charge in [0.15, 0.2) is 11.9 Å². The summed E-state index contributed by atoms with van der Waals surface area (Å²) in [4.78, 5) is 13.1. The van der Waals surface area contributed by atoms with E-state index in [0.29, 0.717) is 12.0 Å². The number of Topliss-reactive ketones (excluding diaryl/α,β-unsaturated/α-hetero) is 1. The molecule has 0 aromatic rings. The van der Waals surface area contributed by atoms with Crippen LogP contribution in [-0.4, -0.2) is 29.6 Å². The Kier molecular flexibility index (Phi) is 10.6. The molecule has 1 aliphatic heterocycles. The predicted octanol–water partition coefficient (Wildman–Crippen LogP) is 6.85. The highest BCUT2D eigenvalue weighted by atomic mass is 16.6. The molecule has 2 unspecified atom stereocenters. The Balaban J connectivity index is 2.24. The molecule has 0 aromatic heterocycles. The van der Waals surface area contributed by atoms with Crippen molar-refractivity contribution in [1.82, 2.24) is 5.32 Å². The Bertz CT molecular complexity index is 738. The second kappa shape index (κ2) is 12.9. The summed E-state index contributed by atoms with van der Waals surface area (Å²) in [5, 5.41) is 14.7. The van der Waals surface area contributed by atoms with E-state index in [1.165, 1.54) is 11.1 Å². The van der Waals surface area contributed by atoms with Crippen molar-refractivity contribution in [3.05, 3.63) is 45.9 Å². The standard InChI is InChI=1S/C27H43NO3/c1-6-8-10-15-21-23(28-18-11-9-7-2)24(29)22(25(30)27-26(21)31-27)17-16-20(5)14-12-13-19(3)4/h13,16,26-29H,6-12,14-15,17-18H2,1-5H3/b20-16+. The van der Waals surface area contributed by atoms with Gasteiger partial charge in [-0.15, -0.1) is 0 Å². The van der Waals surface area contributed by atoms with E-state index in [9.17, 15) is 9.90 Å². The summed E-state index contributed by atoms with van der Waals surface area (Å²) in [6, 6.07) is 0. The van der Waals surface area contributed by atoms with Crippen molar-refractivity contribution in [2.24, 2.45) is 0 Å². The molecule has 2 rings (SSSR count). The van der Waals surface area contributed by atoms with Crippen LogP contribution in [-0.2, 0) is 9.53 Å². The number of aliphatic hydroxyl groups is 1. The predicted molar refractivity (Wildman–Crippen MR) is 129 cm³/mol. The van der Waals surface area contributed by atoms with E-state index < -0.39 is 6.10 Å². The second-order valence-electron chi connectivity index (χ2n) is 9.23. The summed E-state index contributed by atoms with van der Waals surface area (Å²) in [6.07, 6.45) is 13.7. The maximum Gasteiger partial charge on any atom is 0.194 e. The van der Waals surface area contributed by atoms with Crippen molar-refractivity contribution in [1.29, 1.82) is 0 Å². The van der Waals surface area contributed by atoms with Crippen LogP contribution in [0.4, 0.5) is 0 Å². The Morgan fingerprint density at radius 1 is 1.03 bits per heavy atom. The van der Waals surface area contributed by atoms with Crippen LogP contribution in [0, 0.1) is 0 Å². The first kappa shape index (κ1) is 25.5. The van der Waals surface area contributed by atoms with Crippen molar-refractivity contribution < 1.29 is 14.6 Å². The number of ether oxygens (including phenoxy) is 1. The fourth-order valence-electron chi connectivity index (χ4n) is 4.09. The van der Waals surface area contributed by atoms with E-state index >= 15 is 0 Å². The molecule has 0 spiro atoms. The molecule has 0 radical (unpaired) electrons. The van der Waals surface area contributed by atoms with Crippen LogP contribution in [0.1, 0.15) is 98.8 Å². The quantitative estimate of drug-likeness (QED) is 0.180. The molecule has 1 aliphatic carbocycles. The van der Waals surface area contributed by atoms with Crippen LogP contribution in [0.25, 0.3) is 0 Å². The lowest BCUT2D eigenvalue weighted by molar-refractivity contribution is -0.116. The van der Waals surface area contributed by atoms with E-state index in [1.54, 1.807) is 0 Å². The number of carbonyl (C=O) groups excluding carboxylic acids is 1. The first-order chi connectivity index (χ1) is 14.9. The lowest BCUT2D eigenvalue weighted by Crippen LogP contribution is -2.21. The SMILES string of the molecule is CCCCCNC1=C(CCCCC)C2OC2C(=O)C(C/C=C(\C)CCC=C(C)C)=C1O. The third-order valence-electron chi connectivity index (χ3n) is 6.11. The molecular weight excluding hydrogens is 386 g/mol. The molecule has 31 heavy (non-hydrogen) atoms. The molecule has 4 nitrogen and oxygen atoms in total. The van der Waals surface area contributed by atoms with Crippen molar-refractivity contribution >= 4 is 5.78 Å². The molecule has 1 saturated heterocycles. The molecular formula is C27H43NO3. The minimum absolute atomic E-state index is 0.0470. The lowest BCUT2D eigenvalue weighted by atomic mass is 10.0. The van der Waals surface area contributed by atoms with Gasteiger partial charge in [-0.3, -0.25) is 4.79 Å². The monoisotopic (exact) mass is 429 g/mol. The van der Waals surface area contributed by atoms with Gasteiger partial charge in [0, 0.05) is 12.1 Å². The first-order valence-corrected chi connectivity index (χ1v) is 12.3. The van der Waals surface area contributed by atoms with E-state index in [4.69, 9.17) is 4.74 Å². The Morgan fingerprint density at radius 3 is 2.42 bits per heavy atom. The van der Waals surface area contributed by atoms with Crippen molar-refractivity contribution in [3.8, 4) is 0 Å². The Labute approximate surface area is 189 Å². The molecule has 0 saturated carbocycles. The van der Waals surface area contributed by atoms with Gasteiger partial charge in [0.2, 0.25) is 0 Å². The smallest absolute Gasteiger partial charge is 0.194 e. The van der Waals surface area contributed by atoms with Gasteiger partial charge in [-0.05, 0) is 64.9 Å². The third-order valence-corrected chi connectivity index (χ3v) is 6.11. The van der Waals surface area contributed by atoms with Gasteiger partial charge in [-0.1, -0.05) is 62.8 Å². The van der Waals surface area contributed by atoms with E-state index in [-0.39, 0.29) is 17.6 Å². The van der Waals surface area contributed by atoms with Crippen molar-refractivity contribution in [2.75, 3.05) is 6.54 Å². The molecule has 0 amide bonds. The average Bonchev–Trinajstić information content (AvgIpc) is 3.52. The zero-order chi connectivity index (χ0) is 22.8. The largest absolute Gasteiger partial charge is 0.505 e. The van der Waals surface area contributed by atoms with Gasteiger partial charge in [0.25, 0.3) is 0 Å². The van der Waals surface area contributed by atoms with Gasteiger partial charge in [-0.25, -0.2) is 0 Å². The Hall–Kier alpha value is -1.81. The van der Waals surface area contributed by atoms with Crippen LogP contribution in [0.3, 0.4) is 0 Å². The minimum atomic E-state index is -0.414. The van der Waals surface area contributed by atoms with Crippen molar-refractivity contribution in [2.45, 2.75) is 111 Å². The summed E-state index contributed by atoms with van der Waals surface area (Å²) in [7, 11) is 0. The third kappa shape index (κ3) is 7.68. The lowest BCUT2D eigenvalue weighted by Gasteiger charge is -2.17. The normalized spacial score (nSPS) is 21.2. The zero-order valence-electron chi connectivity index (χ0n) is 20.4. The van der Waals surface area contributed by atoms with Crippen LogP contribution in [0.2, 0.25) is 0 Å². The average molecular weight is 430 g/mol. The van der Waals surface area contributed by atoms with Crippen molar-refractivity contribution in [3.63, 3.8) is 0 Å². The summed E-state index contributed by atoms with van der Waals surface area (Å²) in [5.41, 5.74) is 4.91. The van der Waals surface area contributed by atoms with E-state index in [0.717, 1.165) is 75.6 Å². The number of allylic oxidation sites excluding steroid dienone is 4. The fourth-order valence-corrected chi connectivity index (χ4v) is 4.09. The van der Waals surface area contributed by atoms with E-state index in [2.05, 4.69) is 52.1 Å². The highest BCUT2D eigenvalue weighted by Crippen LogP contribution is 2.41. The van der Waals surface area contributed by atoms with Crippen LogP contribution in [0.15, 0.2) is 45.9 Å². The van der Waals surface area contributed by atoms with Crippen LogP contribution in [0.5, 0.6) is 0 Å². The summed E-state index contributed by atoms with van der Waals surface area (Å²) in [6.45, 7) is 11.5. The topological polar surface area (TPSA) is 61.9 Å². The summed E-state index contributed by atoms with van der Waals surface area (Å²) in [5.74, 6) is 0.103. The fraction of sp³-hybridized carbons (Fsp3) is 0.667. The van der Waals surface area contributed by atoms with E-state index in [1.807, 2.05) is 0 Å². The molecule has 1 heterocycles. The van der Waals surface area contributed by atoms with Gasteiger partial charge in [-0.2, -0.15) is 0 Å². The molecule has 2 atom stereocenters. The maximum absolute atomic E-state index is 13.1. The Morgan fingerprint density at radius 2 is 1.74 bits per heavy atom. The number of aliphatic hydroxyl groups excluding tert-OH is 1. The molecule has 2 aliphatic rings. The number of hydrogen-bond acceptors (Lipinski definition) is 4. The molecule has 2 N–H and O–H groups in total. The number of rotatable bonds is 14. The molecule has 1 fully saturated rings. The number of ketones is 1. The summed E-state index contributed by atoms with van der Waals surface area (Å²) < 4.78 is 5.83. The van der Waals surface area contributed by atoms with Gasteiger partial charge in [0.1, 0.15) is 11.9 Å². The highest BCUT2D eigenvalue weighted by Gasteiger charge is 2.51. The summed E-state index contributed by atoms with van der Waals surface area (Å²) >= 11 is 0. The molecule has 0 aromatic carbocycles. The molecule has 0 bridgehead atoms. The highest BCUT2D eigenvalue weighted by molar-refractivity contribution is 6.03. The second-order valence-corrected chi connectivity index (χ2v) is 9.23. The number of epoxide rings is 1. The van der Waals surface area contributed by atoms with Gasteiger partial charge in [0.05, 0.1) is 5.70 Å². The molecule has 174 valence electrons. The number of nitrogens with one attached hydrogen (secondary N) is 1. The number of unbranched alkanes of at least 4 members (excludes halogenated alkanes) is 4. The number of hydrogen-bond donors (Lipinski definition) is 2. The minimum Gasteiger partial charge on any atom is -0.505 e. The van der Waals surface area contributed by atoms with Crippen LogP contribution < -0.4 is 5.32 Å². The maximum atomic E-state index is 13.1. The molecule has 4 heteroatoms. The van der Waals surface area contributed by atoms with Gasteiger partial charge < -0.3 is 15.2 Å². The first-order valence-electron chi connectivity index (χ1n) is 12.3. The van der Waals surface area contributed by atoms with Crippen LogP contribution >= 0.6 is 0 Å². The zero-order valence-corrected chi connectivity index (χ0v) is 20.4. The number of fused-ring (bicyclic) bond motifs is 1.